The molecule has 5 heteroatoms. The molecule has 19 heavy (non-hydrogen) atoms. The van der Waals surface area contributed by atoms with Crippen LogP contribution < -0.4 is 10.6 Å². The largest absolute Gasteiger partial charge is 0.377 e. The average molecular weight is 275 g/mol. The highest BCUT2D eigenvalue weighted by Gasteiger charge is 2.35. The van der Waals surface area contributed by atoms with Crippen LogP contribution in [0.2, 0.25) is 5.02 Å². The summed E-state index contributed by atoms with van der Waals surface area (Å²) in [6.45, 7) is 4.07. The molecule has 2 N–H and O–H groups in total. The molecule has 0 aromatic heterocycles. The zero-order valence-corrected chi connectivity index (χ0v) is 11.2. The molecule has 1 fully saturated rings. The molecule has 0 amide bonds. The first-order chi connectivity index (χ1) is 9.33. The Balaban J connectivity index is 1.77. The van der Waals surface area contributed by atoms with Gasteiger partial charge in [0.2, 0.25) is 0 Å². The molecule has 98 valence electrons. The highest BCUT2D eigenvalue weighted by molar-refractivity contribution is 6.31. The number of piperazine rings is 1. The lowest BCUT2D eigenvalue weighted by atomic mass is 9.89. The normalized spacial score (nSPS) is 24.5. The molecule has 1 aromatic rings. The monoisotopic (exact) mass is 274 g/mol. The minimum absolute atomic E-state index is 0.256. The number of hydrogen-bond donors (Lipinski definition) is 2. The van der Waals surface area contributed by atoms with Crippen LogP contribution in [0.4, 0.5) is 5.69 Å². The summed E-state index contributed by atoms with van der Waals surface area (Å²) in [5.74, 6) is 1.13. The lowest BCUT2D eigenvalue weighted by molar-refractivity contribution is 0.347. The van der Waals surface area contributed by atoms with Gasteiger partial charge in [-0.15, -0.1) is 0 Å². The van der Waals surface area contributed by atoms with Gasteiger partial charge in [-0.1, -0.05) is 17.7 Å². The zero-order chi connectivity index (χ0) is 12.8. The van der Waals surface area contributed by atoms with E-state index in [0.717, 1.165) is 42.7 Å². The number of nitrogens with zero attached hydrogens (tertiary/aromatic N) is 2. The molecule has 3 aliphatic rings. The van der Waals surface area contributed by atoms with Crippen LogP contribution in [0.3, 0.4) is 0 Å². The molecule has 0 radical (unpaired) electrons. The van der Waals surface area contributed by atoms with E-state index in [1.807, 2.05) is 12.1 Å². The standard InChI is InChI=1S/C14H15ClN4/c15-9-1-2-10-11-8-17-13(11)14(18-12(10)7-9)19-5-3-16-4-6-19/h1-2,7-8,13,16-17H,3-6H2. The van der Waals surface area contributed by atoms with Crippen molar-refractivity contribution in [3.63, 3.8) is 0 Å². The van der Waals surface area contributed by atoms with Gasteiger partial charge in [0.05, 0.1) is 5.69 Å². The van der Waals surface area contributed by atoms with Gasteiger partial charge in [-0.2, -0.15) is 0 Å². The highest BCUT2D eigenvalue weighted by atomic mass is 35.5. The molecule has 3 heterocycles. The van der Waals surface area contributed by atoms with Crippen molar-refractivity contribution in [2.24, 2.45) is 4.99 Å². The Morgan fingerprint density at radius 1 is 1.26 bits per heavy atom. The van der Waals surface area contributed by atoms with Crippen molar-refractivity contribution in [1.82, 2.24) is 15.5 Å². The molecule has 1 saturated heterocycles. The molecule has 4 rings (SSSR count). The minimum Gasteiger partial charge on any atom is -0.377 e. The number of hydrogen-bond acceptors (Lipinski definition) is 4. The van der Waals surface area contributed by atoms with Gasteiger partial charge in [-0.05, 0) is 12.1 Å². The first-order valence-electron chi connectivity index (χ1n) is 6.63. The third kappa shape index (κ3) is 1.75. The van der Waals surface area contributed by atoms with E-state index in [-0.39, 0.29) is 6.04 Å². The van der Waals surface area contributed by atoms with E-state index >= 15 is 0 Å². The Bertz CT molecular complexity index is 587. The van der Waals surface area contributed by atoms with Crippen LogP contribution in [0.1, 0.15) is 5.56 Å². The van der Waals surface area contributed by atoms with Crippen molar-refractivity contribution in [2.45, 2.75) is 6.04 Å². The van der Waals surface area contributed by atoms with E-state index < -0.39 is 0 Å². The number of benzene rings is 1. The smallest absolute Gasteiger partial charge is 0.132 e. The zero-order valence-electron chi connectivity index (χ0n) is 10.5. The first kappa shape index (κ1) is 11.3. The quantitative estimate of drug-likeness (QED) is 0.755. The number of fused-ring (bicyclic) bond motifs is 3. The first-order valence-corrected chi connectivity index (χ1v) is 7.01. The number of rotatable bonds is 0. The van der Waals surface area contributed by atoms with Crippen molar-refractivity contribution < 1.29 is 0 Å². The Kier molecular flexibility index (Phi) is 2.53. The Hall–Kier alpha value is -1.52. The summed E-state index contributed by atoms with van der Waals surface area (Å²) < 4.78 is 0. The fraction of sp³-hybridized carbons (Fsp3) is 0.357. The number of halogens is 1. The molecule has 3 aliphatic heterocycles. The van der Waals surface area contributed by atoms with Crippen LogP contribution in [0.25, 0.3) is 5.57 Å². The van der Waals surface area contributed by atoms with Crippen LogP contribution in [-0.4, -0.2) is 43.0 Å². The fourth-order valence-corrected chi connectivity index (χ4v) is 3.04. The van der Waals surface area contributed by atoms with Crippen LogP contribution in [0, 0.1) is 0 Å². The van der Waals surface area contributed by atoms with Crippen molar-refractivity contribution in [3.8, 4) is 0 Å². The van der Waals surface area contributed by atoms with Crippen LogP contribution in [-0.2, 0) is 0 Å². The molecular weight excluding hydrogens is 260 g/mol. The summed E-state index contributed by atoms with van der Waals surface area (Å²) in [5.41, 5.74) is 3.52. The summed E-state index contributed by atoms with van der Waals surface area (Å²) in [6, 6.07) is 6.21. The van der Waals surface area contributed by atoms with Crippen LogP contribution in [0.5, 0.6) is 0 Å². The van der Waals surface area contributed by atoms with Gasteiger partial charge >= 0.3 is 0 Å². The molecular formula is C14H15ClN4. The molecule has 1 atom stereocenters. The predicted molar refractivity (Wildman–Crippen MR) is 77.9 cm³/mol. The summed E-state index contributed by atoms with van der Waals surface area (Å²) in [4.78, 5) is 7.21. The second kappa shape index (κ2) is 4.25. The van der Waals surface area contributed by atoms with E-state index in [9.17, 15) is 0 Å². The summed E-state index contributed by atoms with van der Waals surface area (Å²) >= 11 is 6.08. The van der Waals surface area contributed by atoms with Gasteiger partial charge in [0.1, 0.15) is 11.9 Å². The Labute approximate surface area is 117 Å². The molecule has 0 saturated carbocycles. The number of nitrogens with one attached hydrogen (secondary N) is 2. The molecule has 1 aromatic carbocycles. The van der Waals surface area contributed by atoms with Crippen molar-refractivity contribution in [3.05, 3.63) is 35.0 Å². The highest BCUT2D eigenvalue weighted by Crippen LogP contribution is 2.39. The molecule has 4 nitrogen and oxygen atoms in total. The van der Waals surface area contributed by atoms with E-state index in [1.165, 1.54) is 11.1 Å². The molecule has 0 aliphatic carbocycles. The van der Waals surface area contributed by atoms with E-state index in [2.05, 4.69) is 27.8 Å². The SMILES string of the molecule is Clc1ccc2c(c1)N=C(N1CCNCC1)C1NC=C21. The second-order valence-corrected chi connectivity index (χ2v) is 5.50. The summed E-state index contributed by atoms with van der Waals surface area (Å²) in [6.07, 6.45) is 2.08. The number of aliphatic imine (C=N–C) groups is 1. The van der Waals surface area contributed by atoms with E-state index in [0.29, 0.717) is 0 Å². The summed E-state index contributed by atoms with van der Waals surface area (Å²) in [7, 11) is 0. The van der Waals surface area contributed by atoms with Gasteiger partial charge in [0.15, 0.2) is 0 Å². The number of amidine groups is 1. The van der Waals surface area contributed by atoms with Gasteiger partial charge in [0.25, 0.3) is 0 Å². The maximum Gasteiger partial charge on any atom is 0.132 e. The van der Waals surface area contributed by atoms with Gasteiger partial charge in [-0.3, -0.25) is 0 Å². The van der Waals surface area contributed by atoms with Gasteiger partial charge in [0, 0.05) is 48.5 Å². The van der Waals surface area contributed by atoms with Gasteiger partial charge < -0.3 is 15.5 Å². The second-order valence-electron chi connectivity index (χ2n) is 5.07. The topological polar surface area (TPSA) is 39.7 Å². The third-order valence-electron chi connectivity index (χ3n) is 3.92. The van der Waals surface area contributed by atoms with Crippen molar-refractivity contribution >= 4 is 28.7 Å². The Morgan fingerprint density at radius 3 is 2.84 bits per heavy atom. The summed E-state index contributed by atoms with van der Waals surface area (Å²) in [5, 5.41) is 7.48. The Morgan fingerprint density at radius 2 is 2.11 bits per heavy atom. The maximum absolute atomic E-state index is 6.08. The molecule has 0 spiro atoms. The van der Waals surface area contributed by atoms with Crippen LogP contribution in [0.15, 0.2) is 29.4 Å². The predicted octanol–water partition coefficient (Wildman–Crippen LogP) is 1.60. The van der Waals surface area contributed by atoms with Gasteiger partial charge in [-0.25, -0.2) is 4.99 Å². The van der Waals surface area contributed by atoms with Crippen LogP contribution >= 0.6 is 11.6 Å². The van der Waals surface area contributed by atoms with E-state index in [1.54, 1.807) is 0 Å². The molecule has 1 unspecified atom stereocenters. The lowest BCUT2D eigenvalue weighted by Gasteiger charge is -2.41. The van der Waals surface area contributed by atoms with E-state index in [4.69, 9.17) is 16.6 Å². The van der Waals surface area contributed by atoms with Crippen molar-refractivity contribution in [1.29, 1.82) is 0 Å². The molecule has 0 bridgehead atoms. The average Bonchev–Trinajstić information content (AvgIpc) is 2.40. The maximum atomic E-state index is 6.08. The lowest BCUT2D eigenvalue weighted by Crippen LogP contribution is -2.56. The third-order valence-corrected chi connectivity index (χ3v) is 4.16. The fourth-order valence-electron chi connectivity index (χ4n) is 2.87. The van der Waals surface area contributed by atoms with Crippen molar-refractivity contribution in [2.75, 3.05) is 26.2 Å². The minimum atomic E-state index is 0.256.